The van der Waals surface area contributed by atoms with Gasteiger partial charge in [0.25, 0.3) is 0 Å². The summed E-state index contributed by atoms with van der Waals surface area (Å²) in [6.07, 6.45) is 2.51. The first kappa shape index (κ1) is 16.6. The molecule has 2 aromatic rings. The highest BCUT2D eigenvalue weighted by Gasteiger charge is 2.22. The average molecular weight is 354 g/mol. The highest BCUT2D eigenvalue weighted by Crippen LogP contribution is 2.24. The SMILES string of the molecule is COc1ccccc1CN(Cc1nnsc1Cl)C[C@@H]1CCCO1. The number of methoxy groups -OCH3 is 1. The number of benzene rings is 1. The lowest BCUT2D eigenvalue weighted by Crippen LogP contribution is -2.31. The summed E-state index contributed by atoms with van der Waals surface area (Å²) in [4.78, 5) is 2.30. The van der Waals surface area contributed by atoms with Crippen molar-refractivity contribution in [3.63, 3.8) is 0 Å². The molecule has 0 unspecified atom stereocenters. The molecule has 7 heteroatoms. The number of para-hydroxylation sites is 1. The molecule has 2 heterocycles. The highest BCUT2D eigenvalue weighted by molar-refractivity contribution is 7.10. The van der Waals surface area contributed by atoms with Gasteiger partial charge >= 0.3 is 0 Å². The molecule has 124 valence electrons. The number of ether oxygens (including phenoxy) is 2. The molecule has 0 aliphatic carbocycles. The Morgan fingerprint density at radius 2 is 2.26 bits per heavy atom. The lowest BCUT2D eigenvalue weighted by molar-refractivity contribution is 0.0672. The van der Waals surface area contributed by atoms with Gasteiger partial charge in [-0.2, -0.15) is 0 Å². The minimum atomic E-state index is 0.273. The molecule has 1 aromatic heterocycles. The lowest BCUT2D eigenvalue weighted by Gasteiger charge is -2.25. The molecule has 0 N–H and O–H groups in total. The maximum Gasteiger partial charge on any atom is 0.138 e. The zero-order valence-electron chi connectivity index (χ0n) is 13.1. The Morgan fingerprint density at radius 1 is 1.39 bits per heavy atom. The molecule has 1 fully saturated rings. The van der Waals surface area contributed by atoms with Crippen LogP contribution < -0.4 is 4.74 Å². The van der Waals surface area contributed by atoms with Gasteiger partial charge < -0.3 is 9.47 Å². The number of rotatable bonds is 7. The van der Waals surface area contributed by atoms with Crippen LogP contribution in [0.1, 0.15) is 24.1 Å². The molecule has 0 bridgehead atoms. The second kappa shape index (κ2) is 8.06. The van der Waals surface area contributed by atoms with Crippen molar-refractivity contribution in [3.05, 3.63) is 39.9 Å². The smallest absolute Gasteiger partial charge is 0.138 e. The fraction of sp³-hybridized carbons (Fsp3) is 0.500. The Kier molecular flexibility index (Phi) is 5.83. The molecule has 0 saturated carbocycles. The molecule has 0 spiro atoms. The molecular formula is C16H20ClN3O2S. The zero-order chi connectivity index (χ0) is 16.1. The third-order valence-corrected chi connectivity index (χ3v) is 4.94. The molecule has 1 aromatic carbocycles. The first-order valence-corrected chi connectivity index (χ1v) is 8.84. The Hall–Kier alpha value is -1.21. The maximum atomic E-state index is 6.17. The Morgan fingerprint density at radius 3 is 2.96 bits per heavy atom. The van der Waals surface area contributed by atoms with Crippen LogP contribution in [0.25, 0.3) is 0 Å². The quantitative estimate of drug-likeness (QED) is 0.763. The summed E-state index contributed by atoms with van der Waals surface area (Å²) in [5.41, 5.74) is 1.97. The molecule has 0 radical (unpaired) electrons. The van der Waals surface area contributed by atoms with Gasteiger partial charge in [-0.05, 0) is 18.9 Å². The molecule has 3 rings (SSSR count). The minimum absolute atomic E-state index is 0.273. The van der Waals surface area contributed by atoms with E-state index in [2.05, 4.69) is 20.6 Å². The third kappa shape index (κ3) is 4.41. The van der Waals surface area contributed by atoms with Gasteiger partial charge in [0.1, 0.15) is 15.8 Å². The van der Waals surface area contributed by atoms with E-state index in [1.54, 1.807) is 7.11 Å². The number of hydrogen-bond donors (Lipinski definition) is 0. The van der Waals surface area contributed by atoms with Crippen molar-refractivity contribution < 1.29 is 9.47 Å². The van der Waals surface area contributed by atoms with Gasteiger partial charge in [0.2, 0.25) is 0 Å². The van der Waals surface area contributed by atoms with E-state index in [0.717, 1.165) is 49.5 Å². The molecule has 1 atom stereocenters. The third-order valence-electron chi connectivity index (χ3n) is 3.96. The van der Waals surface area contributed by atoms with E-state index in [0.29, 0.717) is 10.9 Å². The minimum Gasteiger partial charge on any atom is -0.496 e. The molecule has 0 amide bonds. The zero-order valence-corrected chi connectivity index (χ0v) is 14.6. The van der Waals surface area contributed by atoms with E-state index >= 15 is 0 Å². The molecule has 1 saturated heterocycles. The second-order valence-corrected chi connectivity index (χ2v) is 6.97. The first-order chi connectivity index (χ1) is 11.3. The summed E-state index contributed by atoms with van der Waals surface area (Å²) in [5, 5.41) is 4.14. The van der Waals surface area contributed by atoms with Crippen LogP contribution in [0.15, 0.2) is 24.3 Å². The average Bonchev–Trinajstić information content (AvgIpc) is 3.20. The van der Waals surface area contributed by atoms with Crippen LogP contribution in [0.4, 0.5) is 0 Å². The lowest BCUT2D eigenvalue weighted by atomic mass is 10.1. The summed E-state index contributed by atoms with van der Waals surface area (Å²) in [7, 11) is 1.70. The van der Waals surface area contributed by atoms with Gasteiger partial charge in [-0.3, -0.25) is 4.90 Å². The highest BCUT2D eigenvalue weighted by atomic mass is 35.5. The van der Waals surface area contributed by atoms with E-state index in [-0.39, 0.29) is 6.10 Å². The van der Waals surface area contributed by atoms with Crippen molar-refractivity contribution in [2.75, 3.05) is 20.3 Å². The van der Waals surface area contributed by atoms with Crippen molar-refractivity contribution >= 4 is 23.1 Å². The maximum absolute atomic E-state index is 6.17. The van der Waals surface area contributed by atoms with Crippen molar-refractivity contribution in [1.82, 2.24) is 14.5 Å². The van der Waals surface area contributed by atoms with Crippen LogP contribution >= 0.6 is 23.1 Å². The first-order valence-electron chi connectivity index (χ1n) is 7.69. The molecule has 1 aliphatic rings. The van der Waals surface area contributed by atoms with Crippen molar-refractivity contribution in [3.8, 4) is 5.75 Å². The van der Waals surface area contributed by atoms with Gasteiger partial charge in [0.15, 0.2) is 0 Å². The van der Waals surface area contributed by atoms with E-state index in [1.807, 2.05) is 18.2 Å². The predicted octanol–water partition coefficient (Wildman–Crippen LogP) is 3.38. The predicted molar refractivity (Wildman–Crippen MR) is 91.0 cm³/mol. The van der Waals surface area contributed by atoms with Crippen molar-refractivity contribution in [1.29, 1.82) is 0 Å². The fourth-order valence-corrected chi connectivity index (χ4v) is 3.45. The van der Waals surface area contributed by atoms with Crippen molar-refractivity contribution in [2.24, 2.45) is 0 Å². The normalized spacial score (nSPS) is 17.8. The number of aromatic nitrogens is 2. The van der Waals surface area contributed by atoms with Crippen LogP contribution in [-0.4, -0.2) is 40.9 Å². The van der Waals surface area contributed by atoms with Gasteiger partial charge in [-0.15, -0.1) is 5.10 Å². The van der Waals surface area contributed by atoms with Crippen molar-refractivity contribution in [2.45, 2.75) is 32.0 Å². The standard InChI is InChI=1S/C16H20ClN3O2S/c1-21-15-7-3-2-5-12(15)9-20(10-13-6-4-8-22-13)11-14-16(17)23-19-18-14/h2-3,5,7,13H,4,6,8-11H2,1H3/t13-/m0/s1. The van der Waals surface area contributed by atoms with E-state index in [4.69, 9.17) is 21.1 Å². The van der Waals surface area contributed by atoms with Crippen LogP contribution in [0.5, 0.6) is 5.75 Å². The topological polar surface area (TPSA) is 47.5 Å². The monoisotopic (exact) mass is 353 g/mol. The number of nitrogens with zero attached hydrogens (tertiary/aromatic N) is 3. The van der Waals surface area contributed by atoms with Gasteiger partial charge in [0.05, 0.1) is 13.2 Å². The van der Waals surface area contributed by atoms with Gasteiger partial charge in [-0.25, -0.2) is 0 Å². The van der Waals surface area contributed by atoms with Gasteiger partial charge in [-0.1, -0.05) is 34.3 Å². The molecule has 23 heavy (non-hydrogen) atoms. The summed E-state index contributed by atoms with van der Waals surface area (Å²) in [5.74, 6) is 0.896. The Labute approximate surface area is 145 Å². The second-order valence-electron chi connectivity index (χ2n) is 5.61. The Bertz CT molecular complexity index is 631. The van der Waals surface area contributed by atoms with Gasteiger partial charge in [0, 0.05) is 43.3 Å². The summed E-state index contributed by atoms with van der Waals surface area (Å²) in [6.45, 7) is 3.13. The largest absolute Gasteiger partial charge is 0.496 e. The molecule has 5 nitrogen and oxygen atoms in total. The van der Waals surface area contributed by atoms with Crippen LogP contribution in [0.2, 0.25) is 4.34 Å². The Balaban J connectivity index is 1.74. The van der Waals surface area contributed by atoms with Crippen LogP contribution in [-0.2, 0) is 17.8 Å². The number of halogens is 1. The molecule has 1 aliphatic heterocycles. The summed E-state index contributed by atoms with van der Waals surface area (Å²) < 4.78 is 15.8. The summed E-state index contributed by atoms with van der Waals surface area (Å²) in [6, 6.07) is 8.08. The number of hydrogen-bond acceptors (Lipinski definition) is 6. The van der Waals surface area contributed by atoms with E-state index in [9.17, 15) is 0 Å². The van der Waals surface area contributed by atoms with E-state index < -0.39 is 0 Å². The van der Waals surface area contributed by atoms with Crippen LogP contribution in [0.3, 0.4) is 0 Å². The summed E-state index contributed by atoms with van der Waals surface area (Å²) >= 11 is 7.40. The molecular weight excluding hydrogens is 334 g/mol. The fourth-order valence-electron chi connectivity index (χ4n) is 2.84. The van der Waals surface area contributed by atoms with Crippen LogP contribution in [0, 0.1) is 0 Å². The van der Waals surface area contributed by atoms with E-state index in [1.165, 1.54) is 11.5 Å².